The van der Waals surface area contributed by atoms with Crippen LogP contribution in [0.2, 0.25) is 5.02 Å². The third kappa shape index (κ3) is 5.50. The SMILES string of the molecule is CCS(=O)(=O)c1ccc(CC(=O)Nc2cc(Cl)c(C(C)(O)C(F)(F)F)cc2OC)cc1. The molecule has 1 amide bonds. The van der Waals surface area contributed by atoms with Gasteiger partial charge in [0.05, 0.1) is 29.9 Å². The molecule has 0 saturated heterocycles. The van der Waals surface area contributed by atoms with E-state index in [1.165, 1.54) is 38.3 Å². The van der Waals surface area contributed by atoms with Gasteiger partial charge in [-0.25, -0.2) is 8.42 Å². The lowest BCUT2D eigenvalue weighted by atomic mass is 9.94. The van der Waals surface area contributed by atoms with Crippen molar-refractivity contribution in [2.24, 2.45) is 0 Å². The number of hydrogen-bond acceptors (Lipinski definition) is 5. The molecule has 6 nitrogen and oxygen atoms in total. The van der Waals surface area contributed by atoms with Crippen LogP contribution < -0.4 is 10.1 Å². The molecule has 1 unspecified atom stereocenters. The molecule has 2 aromatic rings. The van der Waals surface area contributed by atoms with Gasteiger partial charge in [-0.1, -0.05) is 30.7 Å². The van der Waals surface area contributed by atoms with Crippen LogP contribution >= 0.6 is 11.6 Å². The number of hydrogen-bond donors (Lipinski definition) is 2. The fraction of sp³-hybridized carbons (Fsp3) is 0.350. The number of halogens is 4. The fourth-order valence-corrected chi connectivity index (χ4v) is 3.94. The molecule has 31 heavy (non-hydrogen) atoms. The van der Waals surface area contributed by atoms with Crippen molar-refractivity contribution in [2.45, 2.75) is 36.9 Å². The first-order valence-corrected chi connectivity index (χ1v) is 11.0. The zero-order chi connectivity index (χ0) is 23.6. The van der Waals surface area contributed by atoms with Gasteiger partial charge in [-0.3, -0.25) is 4.79 Å². The summed E-state index contributed by atoms with van der Waals surface area (Å²) in [6.45, 7) is 2.09. The molecule has 2 N–H and O–H groups in total. The Bertz CT molecular complexity index is 1070. The van der Waals surface area contributed by atoms with Crippen molar-refractivity contribution in [3.63, 3.8) is 0 Å². The van der Waals surface area contributed by atoms with Gasteiger partial charge in [0.15, 0.2) is 15.4 Å². The van der Waals surface area contributed by atoms with Crippen LogP contribution in [0.4, 0.5) is 18.9 Å². The van der Waals surface area contributed by atoms with E-state index in [1.54, 1.807) is 0 Å². The Labute approximate surface area is 182 Å². The third-order valence-corrected chi connectivity index (χ3v) is 6.73. The van der Waals surface area contributed by atoms with Gasteiger partial charge in [0.1, 0.15) is 5.75 Å². The van der Waals surface area contributed by atoms with Crippen LogP contribution in [0.25, 0.3) is 0 Å². The number of carbonyl (C=O) groups excluding carboxylic acids is 1. The van der Waals surface area contributed by atoms with Gasteiger partial charge in [-0.15, -0.1) is 0 Å². The van der Waals surface area contributed by atoms with E-state index in [4.69, 9.17) is 16.3 Å². The average Bonchev–Trinajstić information content (AvgIpc) is 2.67. The maximum Gasteiger partial charge on any atom is 0.421 e. The molecule has 0 heterocycles. The Kier molecular flexibility index (Phi) is 7.29. The molecule has 0 bridgehead atoms. The topological polar surface area (TPSA) is 92.7 Å². The Morgan fingerprint density at radius 3 is 2.26 bits per heavy atom. The third-order valence-electron chi connectivity index (χ3n) is 4.67. The van der Waals surface area contributed by atoms with Crippen molar-refractivity contribution in [3.05, 3.63) is 52.5 Å². The zero-order valence-corrected chi connectivity index (χ0v) is 18.5. The summed E-state index contributed by atoms with van der Waals surface area (Å²) in [5.74, 6) is -0.706. The number of rotatable bonds is 7. The summed E-state index contributed by atoms with van der Waals surface area (Å²) < 4.78 is 68.2. The number of benzene rings is 2. The van der Waals surface area contributed by atoms with Crippen molar-refractivity contribution in [1.82, 2.24) is 0 Å². The molecule has 0 radical (unpaired) electrons. The standard InChI is InChI=1S/C20H21ClF3NO5S/c1-4-31(28,29)13-7-5-12(6-8-13)9-18(26)25-16-11-15(21)14(10-17(16)30-3)19(2,27)20(22,23)24/h5-8,10-11,27H,4,9H2,1-3H3,(H,25,26). The van der Waals surface area contributed by atoms with E-state index in [0.717, 1.165) is 12.1 Å². The quantitative estimate of drug-likeness (QED) is 0.624. The van der Waals surface area contributed by atoms with Gasteiger partial charge in [-0.2, -0.15) is 13.2 Å². The van der Waals surface area contributed by atoms with Crippen molar-refractivity contribution >= 4 is 33.0 Å². The molecule has 0 spiro atoms. The Hall–Kier alpha value is -2.30. The molecule has 2 rings (SSSR count). The summed E-state index contributed by atoms with van der Waals surface area (Å²) in [6.07, 6.45) is -5.11. The van der Waals surface area contributed by atoms with E-state index in [0.29, 0.717) is 12.5 Å². The highest BCUT2D eigenvalue weighted by Crippen LogP contribution is 2.44. The Balaban J connectivity index is 2.24. The molecule has 0 aliphatic heterocycles. The number of sulfone groups is 1. The second-order valence-corrected chi connectivity index (χ2v) is 9.56. The maximum absolute atomic E-state index is 13.2. The number of alkyl halides is 3. The van der Waals surface area contributed by atoms with Gasteiger partial charge in [0.2, 0.25) is 5.91 Å². The van der Waals surface area contributed by atoms with Crippen LogP contribution in [0.1, 0.15) is 25.0 Å². The summed E-state index contributed by atoms with van der Waals surface area (Å²) in [7, 11) is -2.17. The lowest BCUT2D eigenvalue weighted by Crippen LogP contribution is -2.39. The van der Waals surface area contributed by atoms with Crippen molar-refractivity contribution in [1.29, 1.82) is 0 Å². The van der Waals surface area contributed by atoms with E-state index >= 15 is 0 Å². The smallest absolute Gasteiger partial charge is 0.421 e. The minimum absolute atomic E-state index is 0.0180. The molecule has 0 saturated carbocycles. The highest BCUT2D eigenvalue weighted by atomic mass is 35.5. The van der Waals surface area contributed by atoms with Crippen LogP contribution in [0, 0.1) is 0 Å². The number of amides is 1. The molecule has 0 aliphatic carbocycles. The van der Waals surface area contributed by atoms with E-state index in [2.05, 4.69) is 5.32 Å². The molecule has 0 aromatic heterocycles. The maximum atomic E-state index is 13.2. The molecular weight excluding hydrogens is 459 g/mol. The lowest BCUT2D eigenvalue weighted by molar-refractivity contribution is -0.258. The van der Waals surface area contributed by atoms with Crippen molar-refractivity contribution in [3.8, 4) is 5.75 Å². The van der Waals surface area contributed by atoms with E-state index in [1.807, 2.05) is 0 Å². The van der Waals surface area contributed by atoms with E-state index < -0.39 is 38.1 Å². The Morgan fingerprint density at radius 2 is 1.77 bits per heavy atom. The Morgan fingerprint density at radius 1 is 1.19 bits per heavy atom. The van der Waals surface area contributed by atoms with Gasteiger partial charge in [0, 0.05) is 10.6 Å². The monoisotopic (exact) mass is 479 g/mol. The first-order chi connectivity index (χ1) is 14.2. The fourth-order valence-electron chi connectivity index (χ4n) is 2.71. The predicted molar refractivity (Wildman–Crippen MR) is 110 cm³/mol. The second-order valence-electron chi connectivity index (χ2n) is 6.87. The van der Waals surface area contributed by atoms with Gasteiger partial charge in [0.25, 0.3) is 0 Å². The summed E-state index contributed by atoms with van der Waals surface area (Å²) in [5, 5.41) is 12.0. The number of aliphatic hydroxyl groups is 1. The zero-order valence-electron chi connectivity index (χ0n) is 16.9. The first kappa shape index (κ1) is 25.0. The van der Waals surface area contributed by atoms with Crippen LogP contribution in [0.3, 0.4) is 0 Å². The lowest BCUT2D eigenvalue weighted by Gasteiger charge is -2.28. The highest BCUT2D eigenvalue weighted by molar-refractivity contribution is 7.91. The van der Waals surface area contributed by atoms with E-state index in [9.17, 15) is 31.5 Å². The normalized spacial score (nSPS) is 14.1. The molecule has 1 atom stereocenters. The van der Waals surface area contributed by atoms with Crippen LogP contribution in [0.5, 0.6) is 5.75 Å². The minimum Gasteiger partial charge on any atom is -0.495 e. The number of anilines is 1. The summed E-state index contributed by atoms with van der Waals surface area (Å²) >= 11 is 5.94. The van der Waals surface area contributed by atoms with Crippen molar-refractivity contribution in [2.75, 3.05) is 18.2 Å². The van der Waals surface area contributed by atoms with Gasteiger partial charge in [-0.05, 0) is 36.8 Å². The van der Waals surface area contributed by atoms with Crippen LogP contribution in [-0.4, -0.2) is 38.5 Å². The highest BCUT2D eigenvalue weighted by Gasteiger charge is 2.52. The first-order valence-electron chi connectivity index (χ1n) is 9.01. The number of carbonyl (C=O) groups is 1. The van der Waals surface area contributed by atoms with Crippen molar-refractivity contribution < 1.29 is 36.2 Å². The van der Waals surface area contributed by atoms with Gasteiger partial charge < -0.3 is 15.2 Å². The largest absolute Gasteiger partial charge is 0.495 e. The summed E-state index contributed by atoms with van der Waals surface area (Å²) in [6, 6.07) is 7.76. The van der Waals surface area contributed by atoms with Crippen LogP contribution in [-0.2, 0) is 26.7 Å². The molecule has 11 heteroatoms. The summed E-state index contributed by atoms with van der Waals surface area (Å²) in [5.41, 5.74) is -3.30. The molecule has 0 fully saturated rings. The molecule has 0 aliphatic rings. The molecule has 2 aromatic carbocycles. The number of nitrogens with one attached hydrogen (secondary N) is 1. The molecular formula is C20H21ClF3NO5S. The second kappa shape index (κ2) is 9.05. The minimum atomic E-state index is -4.98. The van der Waals surface area contributed by atoms with Gasteiger partial charge >= 0.3 is 6.18 Å². The predicted octanol–water partition coefficient (Wildman–Crippen LogP) is 4.09. The average molecular weight is 480 g/mol. The van der Waals surface area contributed by atoms with Crippen LogP contribution in [0.15, 0.2) is 41.3 Å². The molecule has 170 valence electrons. The van der Waals surface area contributed by atoms with E-state index in [-0.39, 0.29) is 28.5 Å². The number of ether oxygens (including phenoxy) is 1. The number of methoxy groups -OCH3 is 1. The summed E-state index contributed by atoms with van der Waals surface area (Å²) in [4.78, 5) is 12.5.